The van der Waals surface area contributed by atoms with E-state index in [0.29, 0.717) is 0 Å². The van der Waals surface area contributed by atoms with Crippen LogP contribution in [0.4, 0.5) is 0 Å². The zero-order chi connectivity index (χ0) is 13.1. The minimum atomic E-state index is -0.128. The number of rotatable bonds is 3. The van der Waals surface area contributed by atoms with Crippen LogP contribution in [0.3, 0.4) is 0 Å². The second-order valence-corrected chi connectivity index (χ2v) is 4.42. The summed E-state index contributed by atoms with van der Waals surface area (Å²) in [7, 11) is 1.62. The molecule has 1 N–H and O–H groups in total. The molecule has 2 aromatic rings. The molecule has 1 aromatic carbocycles. The van der Waals surface area contributed by atoms with Crippen LogP contribution in [0.2, 0.25) is 0 Å². The number of benzene rings is 1. The van der Waals surface area contributed by atoms with Crippen molar-refractivity contribution in [1.29, 1.82) is 0 Å². The highest BCUT2D eigenvalue weighted by Crippen LogP contribution is 2.22. The van der Waals surface area contributed by atoms with E-state index in [1.165, 1.54) is 0 Å². The smallest absolute Gasteiger partial charge is 0.267 e. The molecule has 0 saturated heterocycles. The molecule has 1 aromatic heterocycles. The molecule has 0 aliphatic carbocycles. The molecule has 0 saturated carbocycles. The first-order valence-electron chi connectivity index (χ1n) is 5.86. The first kappa shape index (κ1) is 12.4. The van der Waals surface area contributed by atoms with Crippen LogP contribution in [0.25, 0.3) is 11.3 Å². The maximum atomic E-state index is 11.6. The fourth-order valence-corrected chi connectivity index (χ4v) is 1.78. The van der Waals surface area contributed by atoms with Crippen LogP contribution in [-0.2, 0) is 0 Å². The summed E-state index contributed by atoms with van der Waals surface area (Å²) in [6.07, 6.45) is 0. The van der Waals surface area contributed by atoms with Crippen LogP contribution in [0.15, 0.2) is 35.1 Å². The number of nitrogens with one attached hydrogen (secondary N) is 1. The molecule has 0 atom stereocenters. The van der Waals surface area contributed by atoms with Crippen molar-refractivity contribution in [2.75, 3.05) is 7.11 Å². The lowest BCUT2D eigenvalue weighted by Gasteiger charge is -2.07. The van der Waals surface area contributed by atoms with Crippen molar-refractivity contribution in [3.63, 3.8) is 0 Å². The quantitative estimate of drug-likeness (QED) is 0.902. The molecule has 0 aliphatic heterocycles. The molecule has 4 nitrogen and oxygen atoms in total. The van der Waals surface area contributed by atoms with E-state index in [1.54, 1.807) is 7.11 Å². The van der Waals surface area contributed by atoms with Crippen molar-refractivity contribution in [2.24, 2.45) is 0 Å². The van der Waals surface area contributed by atoms with E-state index in [2.05, 4.69) is 10.2 Å². The summed E-state index contributed by atoms with van der Waals surface area (Å²) in [5, 5.41) is 6.61. The summed E-state index contributed by atoms with van der Waals surface area (Å²) < 4.78 is 5.18. The van der Waals surface area contributed by atoms with E-state index in [-0.39, 0.29) is 11.5 Å². The van der Waals surface area contributed by atoms with Gasteiger partial charge in [0.05, 0.1) is 12.8 Å². The highest BCUT2D eigenvalue weighted by atomic mass is 16.5. The number of hydrogen-bond donors (Lipinski definition) is 1. The van der Waals surface area contributed by atoms with Gasteiger partial charge in [-0.25, -0.2) is 5.10 Å². The maximum Gasteiger partial charge on any atom is 0.267 e. The topological polar surface area (TPSA) is 55.0 Å². The van der Waals surface area contributed by atoms with Crippen molar-refractivity contribution in [3.05, 3.63) is 46.2 Å². The number of H-pyrrole nitrogens is 1. The van der Waals surface area contributed by atoms with Gasteiger partial charge < -0.3 is 4.74 Å². The Morgan fingerprint density at radius 3 is 2.72 bits per heavy atom. The van der Waals surface area contributed by atoms with E-state index in [9.17, 15) is 4.79 Å². The molecule has 1 heterocycles. The van der Waals surface area contributed by atoms with Crippen molar-refractivity contribution >= 4 is 0 Å². The normalized spacial score (nSPS) is 10.7. The number of nitrogens with zero attached hydrogens (tertiary/aromatic N) is 1. The van der Waals surface area contributed by atoms with Crippen LogP contribution < -0.4 is 10.3 Å². The van der Waals surface area contributed by atoms with Gasteiger partial charge in [0.2, 0.25) is 0 Å². The molecule has 0 radical (unpaired) electrons. The lowest BCUT2D eigenvalue weighted by atomic mass is 10.0. The molecule has 0 bridgehead atoms. The van der Waals surface area contributed by atoms with Crippen LogP contribution in [0.5, 0.6) is 5.75 Å². The Morgan fingerprint density at radius 1 is 1.28 bits per heavy atom. The van der Waals surface area contributed by atoms with Crippen LogP contribution in [0, 0.1) is 0 Å². The number of aromatic amines is 1. The maximum absolute atomic E-state index is 11.6. The molecular weight excluding hydrogens is 228 g/mol. The Kier molecular flexibility index (Phi) is 3.46. The molecule has 18 heavy (non-hydrogen) atoms. The van der Waals surface area contributed by atoms with Gasteiger partial charge in [0, 0.05) is 11.1 Å². The standard InChI is InChI=1S/C14H16N2O2/c1-9(2)12-8-13(15-16-14(12)17)10-5-4-6-11(7-10)18-3/h4-9H,1-3H3,(H,16,17). The molecule has 94 valence electrons. The van der Waals surface area contributed by atoms with Crippen LogP contribution in [0.1, 0.15) is 25.3 Å². The zero-order valence-corrected chi connectivity index (χ0v) is 10.7. The van der Waals surface area contributed by atoms with Gasteiger partial charge in [-0.05, 0) is 24.1 Å². The van der Waals surface area contributed by atoms with E-state index >= 15 is 0 Å². The predicted octanol–water partition coefficient (Wildman–Crippen LogP) is 2.57. The van der Waals surface area contributed by atoms with Crippen LogP contribution >= 0.6 is 0 Å². The van der Waals surface area contributed by atoms with Gasteiger partial charge in [0.15, 0.2) is 0 Å². The second kappa shape index (κ2) is 5.04. The monoisotopic (exact) mass is 244 g/mol. The molecule has 0 aliphatic rings. The molecule has 0 amide bonds. The summed E-state index contributed by atoms with van der Waals surface area (Å²) in [5.74, 6) is 0.938. The molecular formula is C14H16N2O2. The van der Waals surface area contributed by atoms with Gasteiger partial charge in [-0.15, -0.1) is 0 Å². The average molecular weight is 244 g/mol. The predicted molar refractivity (Wildman–Crippen MR) is 70.9 cm³/mol. The largest absolute Gasteiger partial charge is 0.497 e. The summed E-state index contributed by atoms with van der Waals surface area (Å²) in [5.41, 5.74) is 2.28. The summed E-state index contributed by atoms with van der Waals surface area (Å²) in [6, 6.07) is 9.44. The minimum Gasteiger partial charge on any atom is -0.497 e. The number of methoxy groups -OCH3 is 1. The molecule has 2 rings (SSSR count). The highest BCUT2D eigenvalue weighted by molar-refractivity contribution is 5.61. The van der Waals surface area contributed by atoms with Crippen molar-refractivity contribution < 1.29 is 4.74 Å². The zero-order valence-electron chi connectivity index (χ0n) is 10.7. The van der Waals surface area contributed by atoms with Gasteiger partial charge in [-0.2, -0.15) is 5.10 Å². The highest BCUT2D eigenvalue weighted by Gasteiger charge is 2.08. The summed E-state index contributed by atoms with van der Waals surface area (Å²) in [4.78, 5) is 11.6. The minimum absolute atomic E-state index is 0.128. The third-order valence-electron chi connectivity index (χ3n) is 2.82. The van der Waals surface area contributed by atoms with Crippen molar-refractivity contribution in [1.82, 2.24) is 10.2 Å². The van der Waals surface area contributed by atoms with Crippen molar-refractivity contribution in [3.8, 4) is 17.0 Å². The van der Waals surface area contributed by atoms with E-state index < -0.39 is 0 Å². The van der Waals surface area contributed by atoms with E-state index in [4.69, 9.17) is 4.74 Å². The number of hydrogen-bond acceptors (Lipinski definition) is 3. The second-order valence-electron chi connectivity index (χ2n) is 4.42. The number of ether oxygens (including phenoxy) is 1. The van der Waals surface area contributed by atoms with E-state index in [1.807, 2.05) is 44.2 Å². The number of aromatic nitrogens is 2. The van der Waals surface area contributed by atoms with Crippen molar-refractivity contribution in [2.45, 2.75) is 19.8 Å². The summed E-state index contributed by atoms with van der Waals surface area (Å²) in [6.45, 7) is 3.97. The molecule has 0 spiro atoms. The Morgan fingerprint density at radius 2 is 2.06 bits per heavy atom. The SMILES string of the molecule is COc1cccc(-c2cc(C(C)C)c(=O)[nH]n2)c1. The van der Waals surface area contributed by atoms with Gasteiger partial charge in [0.25, 0.3) is 5.56 Å². The average Bonchev–Trinajstić information content (AvgIpc) is 2.39. The Balaban J connectivity index is 2.50. The Hall–Kier alpha value is -2.10. The van der Waals surface area contributed by atoms with Gasteiger partial charge in [-0.1, -0.05) is 26.0 Å². The van der Waals surface area contributed by atoms with Gasteiger partial charge >= 0.3 is 0 Å². The van der Waals surface area contributed by atoms with Gasteiger partial charge in [-0.3, -0.25) is 4.79 Å². The Bertz CT molecular complexity index is 603. The van der Waals surface area contributed by atoms with Gasteiger partial charge in [0.1, 0.15) is 5.75 Å². The lowest BCUT2D eigenvalue weighted by Crippen LogP contribution is -2.15. The fourth-order valence-electron chi connectivity index (χ4n) is 1.78. The fraction of sp³-hybridized carbons (Fsp3) is 0.286. The Labute approximate surface area is 106 Å². The molecule has 0 unspecified atom stereocenters. The first-order chi connectivity index (χ1) is 8.61. The lowest BCUT2D eigenvalue weighted by molar-refractivity contribution is 0.415. The van der Waals surface area contributed by atoms with E-state index in [0.717, 1.165) is 22.6 Å². The molecule has 4 heteroatoms. The first-order valence-corrected chi connectivity index (χ1v) is 5.86. The van der Waals surface area contributed by atoms with Crippen LogP contribution in [-0.4, -0.2) is 17.3 Å². The summed E-state index contributed by atoms with van der Waals surface area (Å²) >= 11 is 0. The third kappa shape index (κ3) is 2.42. The molecule has 0 fully saturated rings. The third-order valence-corrected chi connectivity index (χ3v) is 2.82.